The van der Waals surface area contributed by atoms with Gasteiger partial charge in [-0.2, -0.15) is 0 Å². The molecule has 0 aliphatic carbocycles. The maximum atomic E-state index is 5.78. The van der Waals surface area contributed by atoms with Gasteiger partial charge in [0.05, 0.1) is 29.1 Å². The van der Waals surface area contributed by atoms with Crippen molar-refractivity contribution in [2.24, 2.45) is 0 Å². The van der Waals surface area contributed by atoms with Crippen LogP contribution in [0.5, 0.6) is 11.5 Å². The molecule has 6 nitrogen and oxygen atoms in total. The first-order valence-corrected chi connectivity index (χ1v) is 9.28. The van der Waals surface area contributed by atoms with Crippen molar-refractivity contribution in [3.63, 3.8) is 0 Å². The Kier molecular flexibility index (Phi) is 4.62. The van der Waals surface area contributed by atoms with Crippen LogP contribution in [0, 0.1) is 6.92 Å². The van der Waals surface area contributed by atoms with E-state index in [1.165, 1.54) is 11.3 Å². The van der Waals surface area contributed by atoms with Crippen LogP contribution in [-0.4, -0.2) is 23.4 Å². The smallest absolute Gasteiger partial charge is 0.181 e. The molecule has 26 heavy (non-hydrogen) atoms. The highest BCUT2D eigenvalue weighted by Gasteiger charge is 2.06. The predicted octanol–water partition coefficient (Wildman–Crippen LogP) is 4.57. The van der Waals surface area contributed by atoms with Crippen molar-refractivity contribution in [3.8, 4) is 11.5 Å². The third-order valence-electron chi connectivity index (χ3n) is 4.08. The number of rotatable bonds is 7. The van der Waals surface area contributed by atoms with E-state index < -0.39 is 0 Å². The summed E-state index contributed by atoms with van der Waals surface area (Å²) in [5.74, 6) is 1.61. The third kappa shape index (κ3) is 3.57. The lowest BCUT2D eigenvalue weighted by atomic mass is 10.2. The minimum atomic E-state index is 0.577. The van der Waals surface area contributed by atoms with Gasteiger partial charge in [0.2, 0.25) is 0 Å². The van der Waals surface area contributed by atoms with Gasteiger partial charge in [-0.15, -0.1) is 0 Å². The van der Waals surface area contributed by atoms with E-state index in [9.17, 15) is 0 Å². The molecule has 0 atom stereocenters. The molecule has 0 radical (unpaired) electrons. The SMILES string of the molecule is Cc1noc2cc(OCCCCOc3ccc4sc(N)nc4c3)ccc12. The second-order valence-corrected chi connectivity index (χ2v) is 7.07. The first kappa shape index (κ1) is 16.7. The average molecular weight is 369 g/mol. The lowest BCUT2D eigenvalue weighted by Crippen LogP contribution is -2.02. The summed E-state index contributed by atoms with van der Waals surface area (Å²) in [6.07, 6.45) is 1.81. The fourth-order valence-corrected chi connectivity index (χ4v) is 3.45. The molecule has 0 fully saturated rings. The van der Waals surface area contributed by atoms with Crippen molar-refractivity contribution >= 4 is 37.7 Å². The number of thiazole rings is 1. The second kappa shape index (κ2) is 7.21. The first-order chi connectivity index (χ1) is 12.7. The number of hydrogen-bond acceptors (Lipinski definition) is 7. The van der Waals surface area contributed by atoms with E-state index in [0.717, 1.165) is 51.2 Å². The molecule has 0 saturated carbocycles. The van der Waals surface area contributed by atoms with Crippen LogP contribution in [0.4, 0.5) is 5.13 Å². The number of nitrogen functional groups attached to an aromatic ring is 1. The van der Waals surface area contributed by atoms with Gasteiger partial charge in [0.15, 0.2) is 10.7 Å². The number of unbranched alkanes of at least 4 members (excludes halogenated alkanes) is 1. The number of nitrogens with two attached hydrogens (primary N) is 1. The molecule has 2 aromatic heterocycles. The monoisotopic (exact) mass is 369 g/mol. The maximum Gasteiger partial charge on any atom is 0.181 e. The van der Waals surface area contributed by atoms with Crippen LogP contribution in [-0.2, 0) is 0 Å². The van der Waals surface area contributed by atoms with Crippen LogP contribution >= 0.6 is 11.3 Å². The third-order valence-corrected chi connectivity index (χ3v) is 4.94. The van der Waals surface area contributed by atoms with Crippen LogP contribution in [0.15, 0.2) is 40.9 Å². The Morgan fingerprint density at radius 2 is 1.77 bits per heavy atom. The summed E-state index contributed by atoms with van der Waals surface area (Å²) in [7, 11) is 0. The van der Waals surface area contributed by atoms with Crippen molar-refractivity contribution in [1.82, 2.24) is 10.1 Å². The van der Waals surface area contributed by atoms with Gasteiger partial charge in [0.25, 0.3) is 0 Å². The summed E-state index contributed by atoms with van der Waals surface area (Å²) in [5.41, 5.74) is 8.24. The molecule has 0 aliphatic heterocycles. The molecule has 134 valence electrons. The van der Waals surface area contributed by atoms with Gasteiger partial charge in [0, 0.05) is 17.5 Å². The minimum absolute atomic E-state index is 0.577. The molecule has 0 saturated heterocycles. The number of aryl methyl sites for hydroxylation is 1. The molecule has 0 aliphatic rings. The van der Waals surface area contributed by atoms with Crippen molar-refractivity contribution in [3.05, 3.63) is 42.1 Å². The van der Waals surface area contributed by atoms with E-state index in [1.54, 1.807) is 0 Å². The fourth-order valence-electron chi connectivity index (χ4n) is 2.73. The second-order valence-electron chi connectivity index (χ2n) is 6.01. The van der Waals surface area contributed by atoms with E-state index in [1.807, 2.05) is 43.3 Å². The standard InChI is InChI=1S/C19H19N3O3S/c1-12-15-6-4-14(11-17(15)25-22-12)24-9-3-2-8-23-13-5-7-18-16(10-13)21-19(20)26-18/h4-7,10-11H,2-3,8-9H2,1H3,(H2,20,21). The number of hydrogen-bond donors (Lipinski definition) is 1. The van der Waals surface area contributed by atoms with Crippen LogP contribution < -0.4 is 15.2 Å². The highest BCUT2D eigenvalue weighted by molar-refractivity contribution is 7.22. The van der Waals surface area contributed by atoms with Crippen molar-refractivity contribution in [1.29, 1.82) is 0 Å². The van der Waals surface area contributed by atoms with Gasteiger partial charge in [-0.25, -0.2) is 4.98 Å². The number of fused-ring (bicyclic) bond motifs is 2. The molecular formula is C19H19N3O3S. The van der Waals surface area contributed by atoms with Crippen LogP contribution in [0.2, 0.25) is 0 Å². The molecule has 2 heterocycles. The fraction of sp³-hybridized carbons (Fsp3) is 0.263. The van der Waals surface area contributed by atoms with E-state index >= 15 is 0 Å². The van der Waals surface area contributed by atoms with Gasteiger partial charge >= 0.3 is 0 Å². The Morgan fingerprint density at radius 1 is 1.04 bits per heavy atom. The molecule has 0 bridgehead atoms. The molecule has 7 heteroatoms. The summed E-state index contributed by atoms with van der Waals surface area (Å²) in [4.78, 5) is 4.27. The summed E-state index contributed by atoms with van der Waals surface area (Å²) < 4.78 is 17.9. The lowest BCUT2D eigenvalue weighted by molar-refractivity contribution is 0.266. The Hall–Kier alpha value is -2.80. The summed E-state index contributed by atoms with van der Waals surface area (Å²) in [6.45, 7) is 3.19. The van der Waals surface area contributed by atoms with Gasteiger partial charge in [-0.3, -0.25) is 0 Å². The normalized spacial score (nSPS) is 11.3. The molecule has 0 amide bonds. The average Bonchev–Trinajstić information content (AvgIpc) is 3.19. The molecule has 0 unspecified atom stereocenters. The molecule has 4 aromatic rings. The van der Waals surface area contributed by atoms with Crippen molar-refractivity contribution in [2.75, 3.05) is 18.9 Å². The number of benzene rings is 2. The Bertz CT molecular complexity index is 1030. The maximum absolute atomic E-state index is 5.78. The Morgan fingerprint density at radius 3 is 2.58 bits per heavy atom. The van der Waals surface area contributed by atoms with Gasteiger partial charge < -0.3 is 19.7 Å². The van der Waals surface area contributed by atoms with Gasteiger partial charge in [0.1, 0.15) is 11.5 Å². The highest BCUT2D eigenvalue weighted by atomic mass is 32.1. The first-order valence-electron chi connectivity index (χ1n) is 8.47. The molecule has 4 rings (SSSR count). The summed E-state index contributed by atoms with van der Waals surface area (Å²) >= 11 is 1.48. The number of anilines is 1. The predicted molar refractivity (Wildman–Crippen MR) is 103 cm³/mol. The molecular weight excluding hydrogens is 350 g/mol. The van der Waals surface area contributed by atoms with E-state index in [-0.39, 0.29) is 0 Å². The van der Waals surface area contributed by atoms with Crippen LogP contribution in [0.25, 0.3) is 21.2 Å². The quantitative estimate of drug-likeness (QED) is 0.481. The molecule has 2 N–H and O–H groups in total. The van der Waals surface area contributed by atoms with Crippen LogP contribution in [0.3, 0.4) is 0 Å². The largest absolute Gasteiger partial charge is 0.494 e. The minimum Gasteiger partial charge on any atom is -0.494 e. The van der Waals surface area contributed by atoms with E-state index in [0.29, 0.717) is 18.3 Å². The van der Waals surface area contributed by atoms with E-state index in [2.05, 4.69) is 10.1 Å². The summed E-state index contributed by atoms with van der Waals surface area (Å²) in [5, 5.41) is 5.54. The highest BCUT2D eigenvalue weighted by Crippen LogP contribution is 2.27. The number of ether oxygens (including phenoxy) is 2. The number of aromatic nitrogens is 2. The zero-order valence-electron chi connectivity index (χ0n) is 14.4. The zero-order valence-corrected chi connectivity index (χ0v) is 15.2. The van der Waals surface area contributed by atoms with Crippen LogP contribution in [0.1, 0.15) is 18.5 Å². The van der Waals surface area contributed by atoms with Gasteiger partial charge in [-0.05, 0) is 44.0 Å². The zero-order chi connectivity index (χ0) is 17.9. The van der Waals surface area contributed by atoms with E-state index in [4.69, 9.17) is 19.7 Å². The lowest BCUT2D eigenvalue weighted by Gasteiger charge is -2.07. The van der Waals surface area contributed by atoms with Gasteiger partial charge in [-0.1, -0.05) is 16.5 Å². The molecule has 0 spiro atoms. The number of nitrogens with zero attached hydrogens (tertiary/aromatic N) is 2. The van der Waals surface area contributed by atoms with Crippen molar-refractivity contribution in [2.45, 2.75) is 19.8 Å². The molecule has 2 aromatic carbocycles. The topological polar surface area (TPSA) is 83.4 Å². The van der Waals surface area contributed by atoms with Crippen molar-refractivity contribution < 1.29 is 14.0 Å². The Balaban J connectivity index is 1.21. The summed E-state index contributed by atoms with van der Waals surface area (Å²) in [6, 6.07) is 11.7. The Labute approximate surface area is 154 Å².